The lowest BCUT2D eigenvalue weighted by atomic mass is 9.89. The Bertz CT molecular complexity index is 8690. The van der Waals surface area contributed by atoms with Gasteiger partial charge in [-0.05, 0) is 377 Å². The Labute approximate surface area is 797 Å². The summed E-state index contributed by atoms with van der Waals surface area (Å²) in [5.74, 6) is 0. The first-order valence-corrected chi connectivity index (χ1v) is 45.4. The van der Waals surface area contributed by atoms with Gasteiger partial charge in [0.1, 0.15) is 0 Å². The lowest BCUT2D eigenvalue weighted by Crippen LogP contribution is -1.94. The summed E-state index contributed by atoms with van der Waals surface area (Å²) in [7, 11) is 0. The quantitative estimate of drug-likeness (QED) is 0.0946. The summed E-state index contributed by atoms with van der Waals surface area (Å²) in [6.45, 7) is 0. The van der Waals surface area contributed by atoms with Gasteiger partial charge >= 0.3 is 0 Å². The van der Waals surface area contributed by atoms with E-state index < -0.39 is 0 Å². The summed E-state index contributed by atoms with van der Waals surface area (Å²) in [4.78, 5) is 42.7. The van der Waals surface area contributed by atoms with Gasteiger partial charge in [0, 0.05) is 37.2 Å². The standard InChI is InChI=1S/3C42H26N4/c43-27-28-15-17-29(18-16-28)37-23-32(21-30-9-1-3-11-35(30)37)33-22-31-10-2-4-12-36(31)38(24-33)34-25-41(39-13-5-7-19-44-39)46-42(26-34)40-14-6-8-20-45-40;43-27-28-14-16-29(17-15-28)35-11-7-9-32-22-30(18-19-37(32)35)33-23-31-8-1-2-10-36(31)38(24-33)34-25-41(39-12-3-5-20-44-39)46-42(26-34)40-13-4-6-21-45-40;43-27-28-11-13-29(14-12-28)30-15-16-32-22-33(18-17-31(32)21-30)35-23-34-7-1-2-8-37(34)38(24-35)36-25-41(39-9-3-5-19-44-39)46-42(26-36)40-10-4-6-20-45-40/h3*1-26H. The number of aromatic nitrogens is 9. The average molecular weight is 1760 g/mol. The van der Waals surface area contributed by atoms with Crippen LogP contribution in [0.25, 0.3) is 233 Å². The van der Waals surface area contributed by atoms with Crippen LogP contribution in [0, 0.1) is 34.0 Å². The molecule has 12 nitrogen and oxygen atoms in total. The van der Waals surface area contributed by atoms with Crippen molar-refractivity contribution >= 4 is 64.6 Å². The third-order valence-electron chi connectivity index (χ3n) is 25.1. The number of nitrogens with zero attached hydrogens (tertiary/aromatic N) is 12. The first-order valence-electron chi connectivity index (χ1n) is 45.4. The molecule has 642 valence electrons. The maximum absolute atomic E-state index is 9.37. The van der Waals surface area contributed by atoms with Gasteiger partial charge in [-0.2, -0.15) is 15.8 Å². The van der Waals surface area contributed by atoms with Crippen molar-refractivity contribution in [2.24, 2.45) is 0 Å². The number of hydrogen-bond acceptors (Lipinski definition) is 12. The Hall–Kier alpha value is -19.3. The Morgan fingerprint density at radius 2 is 0.362 bits per heavy atom. The van der Waals surface area contributed by atoms with Gasteiger partial charge in [0.2, 0.25) is 0 Å². The maximum atomic E-state index is 9.37. The highest BCUT2D eigenvalue weighted by molar-refractivity contribution is 6.08. The van der Waals surface area contributed by atoms with Gasteiger partial charge in [0.15, 0.2) is 0 Å². The Kier molecular flexibility index (Phi) is 23.1. The van der Waals surface area contributed by atoms with E-state index in [1.54, 1.807) is 37.2 Å². The van der Waals surface area contributed by atoms with E-state index in [1.165, 1.54) is 37.7 Å². The lowest BCUT2D eigenvalue weighted by molar-refractivity contribution is 1.22. The van der Waals surface area contributed by atoms with E-state index in [2.05, 4.69) is 303 Å². The van der Waals surface area contributed by atoms with Gasteiger partial charge in [-0.3, -0.25) is 29.9 Å². The molecule has 0 spiro atoms. The summed E-state index contributed by atoms with van der Waals surface area (Å²) in [6, 6.07) is 157. The predicted molar refractivity (Wildman–Crippen MR) is 560 cm³/mol. The van der Waals surface area contributed by atoms with E-state index in [9.17, 15) is 10.5 Å². The van der Waals surface area contributed by atoms with Gasteiger partial charge in [-0.25, -0.2) is 15.0 Å². The second-order valence-electron chi connectivity index (χ2n) is 33.7. The van der Waals surface area contributed by atoms with Crippen molar-refractivity contribution in [3.8, 4) is 187 Å². The third kappa shape index (κ3) is 17.6. The highest BCUT2D eigenvalue weighted by atomic mass is 14.8. The molecule has 9 heterocycles. The molecule has 9 aromatic heterocycles. The molecular weight excluding hydrogens is 1680 g/mol. The summed E-state index contributed by atoms with van der Waals surface area (Å²) in [5.41, 5.74) is 31.6. The average Bonchev–Trinajstić information content (AvgIpc) is 0.762. The molecule has 0 saturated heterocycles. The molecule has 0 amide bonds. The van der Waals surface area contributed by atoms with E-state index in [4.69, 9.17) is 20.2 Å². The second kappa shape index (κ2) is 37.9. The topological polar surface area (TPSA) is 187 Å². The largest absolute Gasteiger partial charge is 0.255 e. The van der Waals surface area contributed by atoms with E-state index >= 15 is 0 Å². The monoisotopic (exact) mass is 1760 g/mol. The molecule has 12 heteroatoms. The first-order chi connectivity index (χ1) is 68.2. The molecule has 0 N–H and O–H groups in total. The maximum Gasteiger partial charge on any atom is 0.0991 e. The highest BCUT2D eigenvalue weighted by Crippen LogP contribution is 2.45. The van der Waals surface area contributed by atoms with Crippen molar-refractivity contribution in [2.75, 3.05) is 0 Å². The van der Waals surface area contributed by atoms with Crippen LogP contribution >= 0.6 is 0 Å². The van der Waals surface area contributed by atoms with Crippen LogP contribution < -0.4 is 0 Å². The van der Waals surface area contributed by atoms with Crippen LogP contribution in [0.4, 0.5) is 0 Å². The first kappa shape index (κ1) is 84.2. The number of rotatable bonds is 15. The molecule has 0 bridgehead atoms. The van der Waals surface area contributed by atoms with Crippen molar-refractivity contribution in [2.45, 2.75) is 0 Å². The minimum absolute atomic E-state index is 0.649. The molecule has 0 aliphatic rings. The molecule has 24 aromatic rings. The van der Waals surface area contributed by atoms with E-state index in [0.717, 1.165) is 195 Å². The summed E-state index contributed by atoms with van der Waals surface area (Å²) in [5, 5.41) is 41.8. The molecule has 0 atom stereocenters. The molecule has 0 aliphatic heterocycles. The van der Waals surface area contributed by atoms with Crippen molar-refractivity contribution in [3.05, 3.63) is 491 Å². The van der Waals surface area contributed by atoms with Crippen LogP contribution in [0.2, 0.25) is 0 Å². The fourth-order valence-electron chi connectivity index (χ4n) is 18.3. The zero-order valence-corrected chi connectivity index (χ0v) is 74.4. The van der Waals surface area contributed by atoms with Crippen LogP contribution in [-0.2, 0) is 0 Å². The summed E-state index contributed by atoms with van der Waals surface area (Å²) >= 11 is 0. The molecule has 138 heavy (non-hydrogen) atoms. The Morgan fingerprint density at radius 3 is 0.659 bits per heavy atom. The van der Waals surface area contributed by atoms with E-state index in [-0.39, 0.29) is 0 Å². The van der Waals surface area contributed by atoms with Crippen molar-refractivity contribution in [1.82, 2.24) is 44.9 Å². The van der Waals surface area contributed by atoms with Gasteiger partial charge in [0.25, 0.3) is 0 Å². The molecule has 0 saturated carbocycles. The van der Waals surface area contributed by atoms with Crippen molar-refractivity contribution in [1.29, 1.82) is 15.8 Å². The molecule has 0 aliphatic carbocycles. The molecule has 0 radical (unpaired) electrons. The SMILES string of the molecule is N#Cc1ccc(-c2cc(-c3cc(-c4cc(-c5ccccn5)nc(-c5ccccn5)c4)c4ccccc4c3)cc3ccccc23)cc1.N#Cc1ccc(-c2ccc3cc(-c4cc(-c5cc(-c6ccccn6)nc(-c6ccccn6)c5)c5ccccc5c4)ccc3c2)cc1.N#Cc1ccc(-c2cccc3cc(-c4cc(-c5cc(-c6ccccn6)nc(-c6ccccn6)c5)c5ccccc5c4)ccc23)cc1. The lowest BCUT2D eigenvalue weighted by Gasteiger charge is -2.15. The number of pyridine rings is 9. The Balaban J connectivity index is 0.000000119. The number of nitriles is 3. The molecule has 24 rings (SSSR count). The van der Waals surface area contributed by atoms with Crippen LogP contribution in [0.3, 0.4) is 0 Å². The predicted octanol–water partition coefficient (Wildman–Crippen LogP) is 31.2. The van der Waals surface area contributed by atoms with Crippen molar-refractivity contribution in [3.63, 3.8) is 0 Å². The molecule has 0 fully saturated rings. The van der Waals surface area contributed by atoms with Gasteiger partial charge in [-0.1, -0.05) is 224 Å². The smallest absolute Gasteiger partial charge is 0.0991 e. The van der Waals surface area contributed by atoms with E-state index in [1.807, 2.05) is 182 Å². The van der Waals surface area contributed by atoms with Gasteiger partial charge < -0.3 is 0 Å². The van der Waals surface area contributed by atoms with Crippen LogP contribution in [0.1, 0.15) is 16.7 Å². The van der Waals surface area contributed by atoms with E-state index in [0.29, 0.717) is 16.7 Å². The molecule has 15 aromatic carbocycles. The summed E-state index contributed by atoms with van der Waals surface area (Å²) in [6.07, 6.45) is 10.8. The van der Waals surface area contributed by atoms with Gasteiger partial charge in [0.05, 0.1) is 103 Å². The zero-order valence-electron chi connectivity index (χ0n) is 74.4. The minimum atomic E-state index is 0.649. The number of benzene rings is 15. The highest BCUT2D eigenvalue weighted by Gasteiger charge is 2.22. The summed E-state index contributed by atoms with van der Waals surface area (Å²) < 4.78 is 0. The molecule has 0 unspecified atom stereocenters. The van der Waals surface area contributed by atoms with Gasteiger partial charge in [-0.15, -0.1) is 0 Å². The Morgan fingerprint density at radius 1 is 0.138 bits per heavy atom. The minimum Gasteiger partial charge on any atom is -0.255 e. The number of hydrogen-bond donors (Lipinski definition) is 0. The van der Waals surface area contributed by atoms with Crippen molar-refractivity contribution < 1.29 is 0 Å². The molecular formula is C126H78N12. The fourth-order valence-corrected chi connectivity index (χ4v) is 18.3. The second-order valence-corrected chi connectivity index (χ2v) is 33.7. The van der Waals surface area contributed by atoms with Crippen LogP contribution in [0.15, 0.2) is 474 Å². The third-order valence-corrected chi connectivity index (χ3v) is 25.1. The zero-order chi connectivity index (χ0) is 92.6. The fraction of sp³-hybridized carbons (Fsp3) is 0. The number of fused-ring (bicyclic) bond motifs is 6. The van der Waals surface area contributed by atoms with Crippen LogP contribution in [-0.4, -0.2) is 44.9 Å². The normalized spacial score (nSPS) is 11.0. The van der Waals surface area contributed by atoms with Crippen LogP contribution in [0.5, 0.6) is 0 Å².